The lowest BCUT2D eigenvalue weighted by Gasteiger charge is -2.02. The van der Waals surface area contributed by atoms with Crippen LogP contribution in [0.25, 0.3) is 0 Å². The molecule has 0 saturated carbocycles. The molecule has 0 bridgehead atoms. The molecule has 2 nitrogen and oxygen atoms in total. The molecule has 0 aromatic carbocycles. The molecule has 0 amide bonds. The summed E-state index contributed by atoms with van der Waals surface area (Å²) in [4.78, 5) is 0. The Morgan fingerprint density at radius 2 is 1.07 bits per heavy atom. The Balaban J connectivity index is 3.99. The Morgan fingerprint density at radius 1 is 0.655 bits per heavy atom. The van der Waals surface area contributed by atoms with Gasteiger partial charge >= 0.3 is 0 Å². The van der Waals surface area contributed by atoms with Crippen molar-refractivity contribution in [2.24, 2.45) is 0 Å². The van der Waals surface area contributed by atoms with E-state index in [4.69, 9.17) is 5.11 Å². The lowest BCUT2D eigenvalue weighted by atomic mass is 10.0. The van der Waals surface area contributed by atoms with Crippen molar-refractivity contribution < 1.29 is 10.2 Å². The highest BCUT2D eigenvalue weighted by Gasteiger charge is 1.94. The van der Waals surface area contributed by atoms with Gasteiger partial charge in [-0.2, -0.15) is 0 Å². The largest absolute Gasteiger partial charge is 0.396 e. The van der Waals surface area contributed by atoms with Crippen LogP contribution in [-0.2, 0) is 0 Å². The summed E-state index contributed by atoms with van der Waals surface area (Å²) >= 11 is 0. The van der Waals surface area contributed by atoms with Crippen molar-refractivity contribution in [2.45, 2.75) is 105 Å². The first-order valence-electron chi connectivity index (χ1n) is 11.4. The van der Waals surface area contributed by atoms with Gasteiger partial charge in [-0.25, -0.2) is 0 Å². The van der Waals surface area contributed by atoms with E-state index >= 15 is 0 Å². The second-order valence-electron chi connectivity index (χ2n) is 8.39. The molecule has 2 N–H and O–H groups in total. The summed E-state index contributed by atoms with van der Waals surface area (Å²) < 4.78 is 0. The monoisotopic (exact) mass is 402 g/mol. The van der Waals surface area contributed by atoms with E-state index in [9.17, 15) is 5.11 Å². The lowest BCUT2D eigenvalue weighted by Crippen LogP contribution is -1.91. The molecule has 2 heteroatoms. The van der Waals surface area contributed by atoms with Gasteiger partial charge in [-0.05, 0) is 98.8 Å². The molecule has 1 atom stereocenters. The van der Waals surface area contributed by atoms with E-state index in [2.05, 4.69) is 58.1 Å². The molecule has 0 fully saturated rings. The third kappa shape index (κ3) is 19.7. The Hall–Kier alpha value is -1.38. The quantitative estimate of drug-likeness (QED) is 0.206. The van der Waals surface area contributed by atoms with E-state index in [1.165, 1.54) is 22.3 Å². The Labute approximate surface area is 180 Å². The van der Waals surface area contributed by atoms with Gasteiger partial charge in [0, 0.05) is 6.61 Å². The maximum Gasteiger partial charge on any atom is 0.0692 e. The highest BCUT2D eigenvalue weighted by atomic mass is 16.3. The van der Waals surface area contributed by atoms with Gasteiger partial charge in [0.2, 0.25) is 0 Å². The lowest BCUT2D eigenvalue weighted by molar-refractivity contribution is 0.244. The topological polar surface area (TPSA) is 40.5 Å². The van der Waals surface area contributed by atoms with Crippen LogP contribution in [-0.4, -0.2) is 22.9 Å². The van der Waals surface area contributed by atoms with Gasteiger partial charge in [0.25, 0.3) is 0 Å². The van der Waals surface area contributed by atoms with Crippen molar-refractivity contribution in [2.75, 3.05) is 6.61 Å². The van der Waals surface area contributed by atoms with Gasteiger partial charge in [0.05, 0.1) is 6.10 Å². The van der Waals surface area contributed by atoms with E-state index in [0.29, 0.717) is 0 Å². The highest BCUT2D eigenvalue weighted by molar-refractivity contribution is 5.07. The highest BCUT2D eigenvalue weighted by Crippen LogP contribution is 2.14. The molecule has 0 heterocycles. The van der Waals surface area contributed by atoms with Crippen molar-refractivity contribution >= 4 is 0 Å². The van der Waals surface area contributed by atoms with Gasteiger partial charge in [0.15, 0.2) is 0 Å². The zero-order valence-corrected chi connectivity index (χ0v) is 19.7. The van der Waals surface area contributed by atoms with Crippen LogP contribution in [0.1, 0.15) is 98.8 Å². The van der Waals surface area contributed by atoms with Crippen LogP contribution in [0, 0.1) is 0 Å². The van der Waals surface area contributed by atoms with E-state index in [0.717, 1.165) is 64.2 Å². The Kier molecular flexibility index (Phi) is 17.7. The zero-order chi connectivity index (χ0) is 21.9. The normalized spacial score (nSPS) is 15.4. The zero-order valence-electron chi connectivity index (χ0n) is 19.7. The number of hydrogen-bond acceptors (Lipinski definition) is 2. The van der Waals surface area contributed by atoms with Gasteiger partial charge in [-0.3, -0.25) is 0 Å². The fourth-order valence-corrected chi connectivity index (χ4v) is 3.12. The van der Waals surface area contributed by atoms with Crippen molar-refractivity contribution in [3.63, 3.8) is 0 Å². The number of aliphatic hydroxyl groups is 2. The molecule has 1 unspecified atom stereocenters. The summed E-state index contributed by atoms with van der Waals surface area (Å²) in [6, 6.07) is 0. The molecular weight excluding hydrogens is 356 g/mol. The number of unbranched alkanes of at least 4 members (excludes halogenated alkanes) is 1. The average molecular weight is 403 g/mol. The molecule has 0 rings (SSSR count). The summed E-state index contributed by atoms with van der Waals surface area (Å²) in [7, 11) is 0. The van der Waals surface area contributed by atoms with E-state index in [1.54, 1.807) is 6.92 Å². The summed E-state index contributed by atoms with van der Waals surface area (Å²) in [6.45, 7) is 10.9. The molecule has 0 radical (unpaired) electrons. The van der Waals surface area contributed by atoms with Crippen molar-refractivity contribution in [1.29, 1.82) is 0 Å². The molecule has 0 saturated heterocycles. The van der Waals surface area contributed by atoms with Crippen LogP contribution in [0.4, 0.5) is 0 Å². The number of aliphatic hydroxyl groups excluding tert-OH is 2. The summed E-state index contributed by atoms with van der Waals surface area (Å²) in [5.74, 6) is 0. The van der Waals surface area contributed by atoms with Crippen LogP contribution in [0.3, 0.4) is 0 Å². The number of allylic oxidation sites excluding steroid dienone is 9. The maximum atomic E-state index is 9.20. The smallest absolute Gasteiger partial charge is 0.0692 e. The molecule has 0 aliphatic carbocycles. The van der Waals surface area contributed by atoms with Crippen LogP contribution in [0.2, 0.25) is 0 Å². The molecule has 0 spiro atoms. The molecule has 166 valence electrons. The molecule has 0 aliphatic heterocycles. The first-order valence-corrected chi connectivity index (χ1v) is 11.4. The minimum atomic E-state index is -0.339. The number of hydrogen-bond donors (Lipinski definition) is 2. The predicted octanol–water partition coefficient (Wildman–Crippen LogP) is 7.60. The van der Waals surface area contributed by atoms with Crippen molar-refractivity contribution in [3.05, 3.63) is 58.7 Å². The first-order chi connectivity index (χ1) is 13.8. The standard InChI is InChI=1S/C27H46O2/c1-23(16-10-17-25(3)15-8-9-21-27(5)29)13-6-7-14-24(2)18-11-19-26(4)20-12-22-28/h9,13-14,17,19,21,27-29H,6-8,10-12,15-16,18,20,22H2,1-5H3/b21-9+,23-13+,24-14+,25-17+,26-19+. The molecule has 0 aromatic rings. The van der Waals surface area contributed by atoms with Crippen molar-refractivity contribution in [3.8, 4) is 0 Å². The number of rotatable bonds is 16. The summed E-state index contributed by atoms with van der Waals surface area (Å²) in [5, 5.41) is 18.1. The maximum absolute atomic E-state index is 9.20. The SMILES string of the molecule is C/C(=C\CC/C=C(\C)CC/C=C(\C)CCCO)CC/C=C(\C)CC/C=C/C(C)O. The third-order valence-electron chi connectivity index (χ3n) is 5.06. The van der Waals surface area contributed by atoms with Gasteiger partial charge in [-0.1, -0.05) is 58.7 Å². The molecule has 0 aromatic heterocycles. The van der Waals surface area contributed by atoms with Crippen LogP contribution >= 0.6 is 0 Å². The predicted molar refractivity (Wildman–Crippen MR) is 129 cm³/mol. The fraction of sp³-hybridized carbons (Fsp3) is 0.630. The second-order valence-corrected chi connectivity index (χ2v) is 8.39. The van der Waals surface area contributed by atoms with Gasteiger partial charge in [-0.15, -0.1) is 0 Å². The Morgan fingerprint density at radius 3 is 1.52 bits per heavy atom. The van der Waals surface area contributed by atoms with Crippen LogP contribution in [0.15, 0.2) is 58.7 Å². The van der Waals surface area contributed by atoms with Crippen LogP contribution in [0.5, 0.6) is 0 Å². The van der Waals surface area contributed by atoms with Crippen LogP contribution < -0.4 is 0 Å². The molecular formula is C27H46O2. The van der Waals surface area contributed by atoms with Crippen molar-refractivity contribution in [1.82, 2.24) is 0 Å². The third-order valence-corrected chi connectivity index (χ3v) is 5.06. The minimum Gasteiger partial charge on any atom is -0.396 e. The first kappa shape index (κ1) is 27.6. The summed E-state index contributed by atoms with van der Waals surface area (Å²) in [6.07, 6.45) is 23.7. The minimum absolute atomic E-state index is 0.287. The fourth-order valence-electron chi connectivity index (χ4n) is 3.12. The molecule has 0 aliphatic rings. The second kappa shape index (κ2) is 18.6. The van der Waals surface area contributed by atoms with Gasteiger partial charge < -0.3 is 10.2 Å². The average Bonchev–Trinajstić information content (AvgIpc) is 2.67. The molecule has 29 heavy (non-hydrogen) atoms. The summed E-state index contributed by atoms with van der Waals surface area (Å²) in [5.41, 5.74) is 5.79. The Bertz CT molecular complexity index is 559. The van der Waals surface area contributed by atoms with E-state index in [1.807, 2.05) is 6.08 Å². The van der Waals surface area contributed by atoms with E-state index in [-0.39, 0.29) is 12.7 Å². The van der Waals surface area contributed by atoms with Gasteiger partial charge in [0.1, 0.15) is 0 Å². The van der Waals surface area contributed by atoms with E-state index < -0.39 is 0 Å².